The van der Waals surface area contributed by atoms with Crippen LogP contribution >= 0.6 is 0 Å². The van der Waals surface area contributed by atoms with Crippen LogP contribution in [-0.2, 0) is 9.59 Å². The molecule has 1 fully saturated rings. The third-order valence-electron chi connectivity index (χ3n) is 7.33. The molecule has 206 valence electrons. The van der Waals surface area contributed by atoms with Gasteiger partial charge in [0.1, 0.15) is 0 Å². The molecular weight excluding hydrogens is 472 g/mol. The Balaban J connectivity index is 1.93. The van der Waals surface area contributed by atoms with Crippen LogP contribution in [0.5, 0.6) is 11.5 Å². The van der Waals surface area contributed by atoms with Crippen LogP contribution in [0.3, 0.4) is 0 Å². The van der Waals surface area contributed by atoms with Gasteiger partial charge in [-0.05, 0) is 56.2 Å². The number of fused-ring (bicyclic) bond motifs is 1. The summed E-state index contributed by atoms with van der Waals surface area (Å²) in [4.78, 5) is 30.1. The lowest BCUT2D eigenvalue weighted by molar-refractivity contribution is -0.144. The minimum Gasteiger partial charge on any atom is -0.481 e. The zero-order chi connectivity index (χ0) is 27.2. The molecule has 0 saturated carbocycles. The molecule has 0 bridgehead atoms. The average Bonchev–Trinajstić information content (AvgIpc) is 3.42. The summed E-state index contributed by atoms with van der Waals surface area (Å²) in [7, 11) is 0. The van der Waals surface area contributed by atoms with E-state index in [1.807, 2.05) is 23.1 Å². The largest absolute Gasteiger partial charge is 0.481 e. The summed E-state index contributed by atoms with van der Waals surface area (Å²) in [6.07, 6.45) is 5.21. The topological polar surface area (TPSA) is 99.5 Å². The summed E-state index contributed by atoms with van der Waals surface area (Å²) in [6.45, 7) is 12.4. The van der Waals surface area contributed by atoms with Crippen LogP contribution in [0.2, 0.25) is 0 Å². The lowest BCUT2D eigenvalue weighted by atomic mass is 9.77. The number of aliphatic carboxylic acids is 1. The molecule has 1 aromatic rings. The number of rotatable bonds is 13. The molecule has 1 amide bonds. The van der Waals surface area contributed by atoms with E-state index in [4.69, 9.17) is 9.47 Å². The molecule has 37 heavy (non-hydrogen) atoms. The first-order valence-corrected chi connectivity index (χ1v) is 13.5. The Morgan fingerprint density at radius 2 is 1.86 bits per heavy atom. The number of carboxylic acids is 1. The van der Waals surface area contributed by atoms with Crippen molar-refractivity contribution in [2.24, 2.45) is 11.3 Å². The molecule has 0 radical (unpaired) electrons. The van der Waals surface area contributed by atoms with Crippen molar-refractivity contribution in [3.05, 3.63) is 35.4 Å². The molecular formula is C29H44N2O6. The first-order valence-electron chi connectivity index (χ1n) is 13.5. The molecule has 2 aliphatic rings. The molecule has 1 aromatic carbocycles. The van der Waals surface area contributed by atoms with Crippen molar-refractivity contribution in [1.29, 1.82) is 0 Å². The summed E-state index contributed by atoms with van der Waals surface area (Å²) in [5.74, 6) is -0.515. The Labute approximate surface area is 221 Å². The number of aliphatic hydroxyl groups is 1. The van der Waals surface area contributed by atoms with Crippen molar-refractivity contribution in [3.8, 4) is 11.5 Å². The number of hydrogen-bond acceptors (Lipinski definition) is 6. The lowest BCUT2D eigenvalue weighted by Gasteiger charge is -2.34. The molecule has 2 N–H and O–H groups in total. The summed E-state index contributed by atoms with van der Waals surface area (Å²) in [6, 6.07) is 5.34. The second kappa shape index (κ2) is 12.8. The molecule has 2 aliphatic heterocycles. The van der Waals surface area contributed by atoms with Crippen LogP contribution in [0.15, 0.2) is 29.8 Å². The zero-order valence-electron chi connectivity index (χ0n) is 23.0. The van der Waals surface area contributed by atoms with Gasteiger partial charge < -0.3 is 24.6 Å². The van der Waals surface area contributed by atoms with Crippen LogP contribution in [0, 0.1) is 11.3 Å². The number of nitrogens with zero attached hydrogens (tertiary/aromatic N) is 2. The van der Waals surface area contributed by atoms with Gasteiger partial charge in [0.15, 0.2) is 11.5 Å². The van der Waals surface area contributed by atoms with Crippen molar-refractivity contribution in [2.45, 2.75) is 72.3 Å². The quantitative estimate of drug-likeness (QED) is 0.378. The molecule has 0 spiro atoms. The van der Waals surface area contributed by atoms with Crippen LogP contribution in [0.25, 0.3) is 0 Å². The molecule has 1 saturated heterocycles. The van der Waals surface area contributed by atoms with Gasteiger partial charge >= 0.3 is 5.97 Å². The number of benzene rings is 1. The number of unbranched alkanes of at least 4 members (excludes halogenated alkanes) is 1. The van der Waals surface area contributed by atoms with Crippen LogP contribution < -0.4 is 9.47 Å². The third kappa shape index (κ3) is 7.48. The van der Waals surface area contributed by atoms with Crippen LogP contribution in [0.4, 0.5) is 0 Å². The van der Waals surface area contributed by atoms with Gasteiger partial charge in [0, 0.05) is 38.2 Å². The third-order valence-corrected chi connectivity index (χ3v) is 7.33. The predicted octanol–water partition coefficient (Wildman–Crippen LogP) is 4.28. The number of aliphatic hydroxyl groups excluding tert-OH is 1. The molecule has 0 aromatic heterocycles. The molecule has 0 aliphatic carbocycles. The maximum atomic E-state index is 13.5. The van der Waals surface area contributed by atoms with E-state index < -0.39 is 11.9 Å². The highest BCUT2D eigenvalue weighted by atomic mass is 16.7. The van der Waals surface area contributed by atoms with Gasteiger partial charge in [-0.2, -0.15) is 0 Å². The summed E-state index contributed by atoms with van der Waals surface area (Å²) in [5.41, 5.74) is 1.83. The summed E-state index contributed by atoms with van der Waals surface area (Å²) in [5, 5.41) is 19.8. The molecule has 3 rings (SSSR count). The van der Waals surface area contributed by atoms with Gasteiger partial charge in [0.05, 0.1) is 12.5 Å². The minimum absolute atomic E-state index is 0.0117. The van der Waals surface area contributed by atoms with E-state index in [1.165, 1.54) is 5.57 Å². The second-order valence-electron chi connectivity index (χ2n) is 11.3. The average molecular weight is 517 g/mol. The number of hydrogen-bond donors (Lipinski definition) is 2. The van der Waals surface area contributed by atoms with Gasteiger partial charge in [0.2, 0.25) is 12.7 Å². The van der Waals surface area contributed by atoms with Gasteiger partial charge in [-0.25, -0.2) is 0 Å². The highest BCUT2D eigenvalue weighted by Gasteiger charge is 2.48. The monoisotopic (exact) mass is 516 g/mol. The van der Waals surface area contributed by atoms with Crippen molar-refractivity contribution >= 4 is 11.9 Å². The molecule has 2 heterocycles. The lowest BCUT2D eigenvalue weighted by Crippen LogP contribution is -2.46. The molecule has 8 heteroatoms. The Bertz CT molecular complexity index is 963. The van der Waals surface area contributed by atoms with E-state index in [9.17, 15) is 19.8 Å². The second-order valence-corrected chi connectivity index (χ2v) is 11.3. The first kappa shape index (κ1) is 29.0. The van der Waals surface area contributed by atoms with E-state index >= 15 is 0 Å². The Morgan fingerprint density at radius 1 is 1.16 bits per heavy atom. The van der Waals surface area contributed by atoms with Crippen molar-refractivity contribution < 1.29 is 29.3 Å². The van der Waals surface area contributed by atoms with Gasteiger partial charge in [0.25, 0.3) is 0 Å². The van der Waals surface area contributed by atoms with Crippen molar-refractivity contribution in [3.63, 3.8) is 0 Å². The standard InChI is InChI=1S/C29H44N2O6/c1-6-7-11-30(12-8-13-32)26(33)18-31-17-22(21-9-10-24-25(14-21)37-19-36-24)27(28(34)35)23(31)16-29(4,5)15-20(2)3/h9-10,14-15,22-23,27,32H,6-8,11-13,16-19H2,1-5H3,(H,34,35)/t22-,23+,27?/m1/s1. The summed E-state index contributed by atoms with van der Waals surface area (Å²) < 4.78 is 11.0. The van der Waals surface area contributed by atoms with E-state index in [0.717, 1.165) is 18.4 Å². The summed E-state index contributed by atoms with van der Waals surface area (Å²) >= 11 is 0. The number of amides is 1. The number of carbonyl (C=O) groups is 2. The van der Waals surface area contributed by atoms with Crippen LogP contribution in [0.1, 0.15) is 71.8 Å². The fraction of sp³-hybridized carbons (Fsp3) is 0.655. The highest BCUT2D eigenvalue weighted by Crippen LogP contribution is 2.45. The number of ether oxygens (including phenoxy) is 2. The van der Waals surface area contributed by atoms with E-state index in [1.54, 1.807) is 0 Å². The van der Waals surface area contributed by atoms with E-state index in [-0.39, 0.29) is 43.2 Å². The number of allylic oxidation sites excluding steroid dienone is 2. The van der Waals surface area contributed by atoms with Crippen molar-refractivity contribution in [2.75, 3.05) is 39.6 Å². The number of likely N-dealkylation sites (tertiary alicyclic amines) is 1. The molecule has 1 unspecified atom stereocenters. The molecule has 8 nitrogen and oxygen atoms in total. The SMILES string of the molecule is CCCCN(CCCO)C(=O)CN1C[C@H](c2ccc3c(c2)OCO3)C(C(=O)O)[C@@H]1CC(C)(C)C=C(C)C. The zero-order valence-corrected chi connectivity index (χ0v) is 23.0. The number of carboxylic acid groups (broad SMARTS) is 1. The smallest absolute Gasteiger partial charge is 0.308 e. The number of carbonyl (C=O) groups excluding carboxylic acids is 1. The normalized spacial score (nSPS) is 21.2. The minimum atomic E-state index is -0.848. The first-order chi connectivity index (χ1) is 17.6. The van der Waals surface area contributed by atoms with Gasteiger partial charge in [-0.1, -0.05) is 44.9 Å². The maximum absolute atomic E-state index is 13.5. The van der Waals surface area contributed by atoms with Gasteiger partial charge in [-0.15, -0.1) is 0 Å². The fourth-order valence-corrected chi connectivity index (χ4v) is 5.85. The Kier molecular flexibility index (Phi) is 10.0. The van der Waals surface area contributed by atoms with Crippen molar-refractivity contribution in [1.82, 2.24) is 9.80 Å². The highest BCUT2D eigenvalue weighted by molar-refractivity contribution is 5.79. The predicted molar refractivity (Wildman–Crippen MR) is 143 cm³/mol. The molecule has 3 atom stereocenters. The van der Waals surface area contributed by atoms with Gasteiger partial charge in [-0.3, -0.25) is 14.5 Å². The maximum Gasteiger partial charge on any atom is 0.308 e. The Morgan fingerprint density at radius 3 is 2.51 bits per heavy atom. The Hall–Kier alpha value is -2.58. The van der Waals surface area contributed by atoms with E-state index in [0.29, 0.717) is 44.0 Å². The van der Waals surface area contributed by atoms with Crippen LogP contribution in [-0.4, -0.2) is 77.5 Å². The van der Waals surface area contributed by atoms with E-state index in [2.05, 4.69) is 45.6 Å². The fourth-order valence-electron chi connectivity index (χ4n) is 5.85.